The number of pyridine rings is 1. The largest absolute Gasteiger partial charge is 0.497 e. The summed E-state index contributed by atoms with van der Waals surface area (Å²) in [5.74, 6) is 1.31. The Morgan fingerprint density at radius 2 is 2.11 bits per heavy atom. The second-order valence-electron chi connectivity index (χ2n) is 4.19. The van der Waals surface area contributed by atoms with Crippen LogP contribution < -0.4 is 9.47 Å². The first-order valence-electron chi connectivity index (χ1n) is 6.09. The van der Waals surface area contributed by atoms with Crippen molar-refractivity contribution in [3.8, 4) is 11.5 Å². The van der Waals surface area contributed by atoms with Gasteiger partial charge in [-0.05, 0) is 31.2 Å². The second-order valence-corrected chi connectivity index (χ2v) is 4.19. The lowest BCUT2D eigenvalue weighted by molar-refractivity contribution is 0.189. The molecule has 0 radical (unpaired) electrons. The van der Waals surface area contributed by atoms with Crippen LogP contribution in [0, 0.1) is 0 Å². The first-order chi connectivity index (χ1) is 9.20. The number of hydrogen-bond donors (Lipinski definition) is 1. The summed E-state index contributed by atoms with van der Waals surface area (Å²) in [5.41, 5.74) is 1.57. The molecule has 1 heterocycles. The van der Waals surface area contributed by atoms with Crippen LogP contribution >= 0.6 is 0 Å². The summed E-state index contributed by atoms with van der Waals surface area (Å²) in [6.07, 6.45) is 1.13. The zero-order valence-electron chi connectivity index (χ0n) is 11.0. The van der Waals surface area contributed by atoms with Crippen LogP contribution in [0.5, 0.6) is 11.5 Å². The summed E-state index contributed by atoms with van der Waals surface area (Å²) in [7, 11) is 1.60. The van der Waals surface area contributed by atoms with Gasteiger partial charge in [0.05, 0.1) is 18.9 Å². The predicted molar refractivity (Wildman–Crippen MR) is 72.2 cm³/mol. The highest BCUT2D eigenvalue weighted by Crippen LogP contribution is 2.29. The Hall–Kier alpha value is -2.07. The monoisotopic (exact) mass is 259 g/mol. The first kappa shape index (κ1) is 13.4. The molecule has 0 aliphatic carbocycles. The maximum atomic E-state index is 9.73. The molecule has 0 bridgehead atoms. The van der Waals surface area contributed by atoms with Gasteiger partial charge in [-0.2, -0.15) is 0 Å². The lowest BCUT2D eigenvalue weighted by Gasteiger charge is -2.14. The Bertz CT molecular complexity index is 526. The van der Waals surface area contributed by atoms with Crippen LogP contribution in [0.15, 0.2) is 42.6 Å². The molecule has 100 valence electrons. The standard InChI is InChI=1S/C15H17NO3/c1-11(17)14-7-6-13(18-2)9-15(14)19-10-12-5-3-4-8-16-12/h3-9,11,17H,10H2,1-2H3/t11-/m1/s1. The zero-order chi connectivity index (χ0) is 13.7. The van der Waals surface area contributed by atoms with Gasteiger partial charge in [0.1, 0.15) is 18.1 Å². The summed E-state index contributed by atoms with van der Waals surface area (Å²) in [4.78, 5) is 4.19. The van der Waals surface area contributed by atoms with Crippen LogP contribution in [-0.4, -0.2) is 17.2 Å². The Morgan fingerprint density at radius 1 is 1.26 bits per heavy atom. The van der Waals surface area contributed by atoms with Gasteiger partial charge in [0.2, 0.25) is 0 Å². The van der Waals surface area contributed by atoms with Gasteiger partial charge in [-0.1, -0.05) is 6.07 Å². The topological polar surface area (TPSA) is 51.6 Å². The van der Waals surface area contributed by atoms with E-state index in [9.17, 15) is 5.11 Å². The van der Waals surface area contributed by atoms with E-state index in [-0.39, 0.29) is 0 Å². The van der Waals surface area contributed by atoms with Gasteiger partial charge >= 0.3 is 0 Å². The lowest BCUT2D eigenvalue weighted by Crippen LogP contribution is -2.02. The number of hydrogen-bond acceptors (Lipinski definition) is 4. The Kier molecular flexibility index (Phi) is 4.36. The summed E-state index contributed by atoms with van der Waals surface area (Å²) >= 11 is 0. The molecule has 1 N–H and O–H groups in total. The number of ether oxygens (including phenoxy) is 2. The quantitative estimate of drug-likeness (QED) is 0.897. The lowest BCUT2D eigenvalue weighted by atomic mass is 10.1. The van der Waals surface area contributed by atoms with Gasteiger partial charge in [0.15, 0.2) is 0 Å². The summed E-state index contributed by atoms with van der Waals surface area (Å²) in [6, 6.07) is 11.0. The van der Waals surface area contributed by atoms with E-state index in [0.29, 0.717) is 18.1 Å². The van der Waals surface area contributed by atoms with Gasteiger partial charge in [0.25, 0.3) is 0 Å². The van der Waals surface area contributed by atoms with Crippen LogP contribution in [0.25, 0.3) is 0 Å². The van der Waals surface area contributed by atoms with E-state index in [1.165, 1.54) is 0 Å². The molecule has 0 unspecified atom stereocenters. The van der Waals surface area contributed by atoms with Crippen molar-refractivity contribution in [3.63, 3.8) is 0 Å². The molecule has 0 saturated heterocycles. The van der Waals surface area contributed by atoms with E-state index in [2.05, 4.69) is 4.98 Å². The molecule has 19 heavy (non-hydrogen) atoms. The van der Waals surface area contributed by atoms with Gasteiger partial charge in [-0.15, -0.1) is 0 Å². The van der Waals surface area contributed by atoms with Crippen LogP contribution in [0.4, 0.5) is 0 Å². The molecular formula is C15H17NO3. The molecule has 4 heteroatoms. The molecule has 4 nitrogen and oxygen atoms in total. The van der Waals surface area contributed by atoms with E-state index in [0.717, 1.165) is 11.3 Å². The Labute approximate surface area is 112 Å². The fraction of sp³-hybridized carbons (Fsp3) is 0.267. The molecule has 1 aromatic carbocycles. The number of aliphatic hydroxyl groups is 1. The van der Waals surface area contributed by atoms with Gasteiger partial charge in [0, 0.05) is 17.8 Å². The van der Waals surface area contributed by atoms with Crippen molar-refractivity contribution >= 4 is 0 Å². The highest BCUT2D eigenvalue weighted by molar-refractivity contribution is 5.41. The Balaban J connectivity index is 2.18. The minimum atomic E-state index is -0.593. The molecule has 2 rings (SSSR count). The first-order valence-corrected chi connectivity index (χ1v) is 6.09. The normalized spacial score (nSPS) is 11.9. The molecular weight excluding hydrogens is 242 g/mol. The number of benzene rings is 1. The number of nitrogens with zero attached hydrogens (tertiary/aromatic N) is 1. The second kappa shape index (κ2) is 6.20. The summed E-state index contributed by atoms with van der Waals surface area (Å²) in [6.45, 7) is 2.06. The van der Waals surface area contributed by atoms with Crippen molar-refractivity contribution < 1.29 is 14.6 Å². The van der Waals surface area contributed by atoms with Crippen molar-refractivity contribution in [2.24, 2.45) is 0 Å². The van der Waals surface area contributed by atoms with E-state index >= 15 is 0 Å². The SMILES string of the molecule is COc1ccc([C@@H](C)O)c(OCc2ccccn2)c1. The fourth-order valence-electron chi connectivity index (χ4n) is 1.75. The van der Waals surface area contributed by atoms with E-state index in [1.807, 2.05) is 18.2 Å². The minimum absolute atomic E-state index is 0.355. The highest BCUT2D eigenvalue weighted by atomic mass is 16.5. The minimum Gasteiger partial charge on any atom is -0.497 e. The average molecular weight is 259 g/mol. The van der Waals surface area contributed by atoms with Crippen molar-refractivity contribution in [1.29, 1.82) is 0 Å². The van der Waals surface area contributed by atoms with Crippen molar-refractivity contribution in [1.82, 2.24) is 4.98 Å². The van der Waals surface area contributed by atoms with Crippen LogP contribution in [0.3, 0.4) is 0 Å². The van der Waals surface area contributed by atoms with Gasteiger partial charge in [-0.3, -0.25) is 4.98 Å². The van der Waals surface area contributed by atoms with Crippen LogP contribution in [-0.2, 0) is 6.61 Å². The molecule has 0 saturated carbocycles. The average Bonchev–Trinajstić information content (AvgIpc) is 2.45. The molecule has 2 aromatic rings. The van der Waals surface area contributed by atoms with E-state index in [4.69, 9.17) is 9.47 Å². The number of methoxy groups -OCH3 is 1. The van der Waals surface area contributed by atoms with Crippen LogP contribution in [0.1, 0.15) is 24.3 Å². The van der Waals surface area contributed by atoms with Gasteiger partial charge in [-0.25, -0.2) is 0 Å². The third-order valence-electron chi connectivity index (χ3n) is 2.77. The zero-order valence-corrected chi connectivity index (χ0v) is 11.0. The van der Waals surface area contributed by atoms with E-state index in [1.54, 1.807) is 38.4 Å². The maximum Gasteiger partial charge on any atom is 0.130 e. The fourth-order valence-corrected chi connectivity index (χ4v) is 1.75. The molecule has 1 aromatic heterocycles. The number of rotatable bonds is 5. The summed E-state index contributed by atoms with van der Waals surface area (Å²) in [5, 5.41) is 9.73. The van der Waals surface area contributed by atoms with Crippen molar-refractivity contribution in [2.45, 2.75) is 19.6 Å². The van der Waals surface area contributed by atoms with Crippen molar-refractivity contribution in [3.05, 3.63) is 53.9 Å². The predicted octanol–water partition coefficient (Wildman–Crippen LogP) is 2.72. The molecule has 0 aliphatic heterocycles. The third-order valence-corrected chi connectivity index (χ3v) is 2.77. The highest BCUT2D eigenvalue weighted by Gasteiger charge is 2.11. The maximum absolute atomic E-state index is 9.73. The molecule has 0 fully saturated rings. The summed E-state index contributed by atoms with van der Waals surface area (Å²) < 4.78 is 10.9. The molecule has 1 atom stereocenters. The number of aromatic nitrogens is 1. The molecule has 0 aliphatic rings. The Morgan fingerprint density at radius 3 is 2.74 bits per heavy atom. The smallest absolute Gasteiger partial charge is 0.130 e. The van der Waals surface area contributed by atoms with Crippen LogP contribution in [0.2, 0.25) is 0 Å². The molecule has 0 spiro atoms. The van der Waals surface area contributed by atoms with Crippen molar-refractivity contribution in [2.75, 3.05) is 7.11 Å². The molecule has 0 amide bonds. The third kappa shape index (κ3) is 3.45. The number of aliphatic hydroxyl groups excluding tert-OH is 1. The van der Waals surface area contributed by atoms with Gasteiger partial charge < -0.3 is 14.6 Å². The van der Waals surface area contributed by atoms with E-state index < -0.39 is 6.10 Å².